The van der Waals surface area contributed by atoms with Crippen LogP contribution in [0.5, 0.6) is 0 Å². The Morgan fingerprint density at radius 3 is 2.36 bits per heavy atom. The van der Waals surface area contributed by atoms with Crippen LogP contribution in [0, 0.1) is 5.82 Å². The smallest absolute Gasteiger partial charge is 0.411 e. The van der Waals surface area contributed by atoms with Crippen LogP contribution >= 0.6 is 38.5 Å². The molecule has 0 bridgehead atoms. The first kappa shape index (κ1) is 18.6. The van der Waals surface area contributed by atoms with Crippen LogP contribution in [0.25, 0.3) is 0 Å². The summed E-state index contributed by atoms with van der Waals surface area (Å²) in [5.41, 5.74) is 1.09. The number of alkyl halides is 1. The van der Waals surface area contributed by atoms with Crippen LogP contribution in [0.2, 0.25) is 0 Å². The summed E-state index contributed by atoms with van der Waals surface area (Å²) in [4.78, 5) is 14.5. The maximum Gasteiger partial charge on any atom is 0.411 e. The van der Waals surface area contributed by atoms with Crippen molar-refractivity contribution in [2.75, 3.05) is 6.54 Å². The zero-order valence-corrected chi connectivity index (χ0v) is 17.7. The standard InChI is InChI=1S/C19H18BrFINO2/c1-18(13-5-9-16(21)10-6-13)11-12-23(17(24)25-18)19(2,22)14-3-7-15(20)8-4-14/h3-10H,11-12H2,1-2H3/t18?,19-/m1/s1. The van der Waals surface area contributed by atoms with E-state index in [4.69, 9.17) is 4.74 Å². The summed E-state index contributed by atoms with van der Waals surface area (Å²) in [6, 6.07) is 14.1. The number of cyclic esters (lactones) is 1. The molecular weight excluding hydrogens is 500 g/mol. The molecule has 1 aliphatic rings. The first-order valence-corrected chi connectivity index (χ1v) is 9.81. The monoisotopic (exact) mass is 517 g/mol. The van der Waals surface area contributed by atoms with Crippen LogP contribution in [0.4, 0.5) is 9.18 Å². The van der Waals surface area contributed by atoms with E-state index in [1.807, 2.05) is 38.1 Å². The van der Waals surface area contributed by atoms with E-state index in [1.165, 1.54) is 12.1 Å². The van der Waals surface area contributed by atoms with Gasteiger partial charge >= 0.3 is 6.09 Å². The lowest BCUT2D eigenvalue weighted by Gasteiger charge is -2.45. The maximum absolute atomic E-state index is 13.2. The van der Waals surface area contributed by atoms with Gasteiger partial charge in [-0.25, -0.2) is 9.18 Å². The number of carbonyl (C=O) groups is 1. The molecular formula is C19H18BrFINO2. The number of amides is 1. The molecule has 0 aromatic heterocycles. The Morgan fingerprint density at radius 1 is 1.20 bits per heavy atom. The van der Waals surface area contributed by atoms with Crippen LogP contribution in [-0.2, 0) is 13.9 Å². The van der Waals surface area contributed by atoms with Crippen LogP contribution in [0.15, 0.2) is 53.0 Å². The second-order valence-corrected chi connectivity index (χ2v) is 9.48. The highest BCUT2D eigenvalue weighted by atomic mass is 127. The van der Waals surface area contributed by atoms with Gasteiger partial charge in [0.2, 0.25) is 0 Å². The number of halogens is 3. The van der Waals surface area contributed by atoms with Crippen molar-refractivity contribution in [3.8, 4) is 0 Å². The Labute approximate surface area is 168 Å². The molecule has 1 heterocycles. The summed E-state index contributed by atoms with van der Waals surface area (Å²) < 4.78 is 19.4. The highest BCUT2D eigenvalue weighted by Crippen LogP contribution is 2.42. The Hall–Kier alpha value is -1.15. The molecule has 0 N–H and O–H groups in total. The summed E-state index contributed by atoms with van der Waals surface area (Å²) in [6.07, 6.45) is 0.275. The minimum Gasteiger partial charge on any atom is -0.438 e. The van der Waals surface area contributed by atoms with Crippen LogP contribution < -0.4 is 0 Å². The molecule has 25 heavy (non-hydrogen) atoms. The lowest BCUT2D eigenvalue weighted by Crippen LogP contribution is -2.52. The van der Waals surface area contributed by atoms with Crippen molar-refractivity contribution in [3.05, 3.63) is 69.9 Å². The highest BCUT2D eigenvalue weighted by molar-refractivity contribution is 14.1. The third kappa shape index (κ3) is 3.69. The Balaban J connectivity index is 1.82. The lowest BCUT2D eigenvalue weighted by molar-refractivity contribution is -0.0513. The summed E-state index contributed by atoms with van der Waals surface area (Å²) in [5, 5.41) is 0. The van der Waals surface area contributed by atoms with Crippen LogP contribution in [-0.4, -0.2) is 17.5 Å². The van der Waals surface area contributed by atoms with Gasteiger partial charge in [-0.2, -0.15) is 0 Å². The van der Waals surface area contributed by atoms with Gasteiger partial charge in [-0.3, -0.25) is 4.90 Å². The predicted molar refractivity (Wildman–Crippen MR) is 107 cm³/mol. The van der Waals surface area contributed by atoms with Gasteiger partial charge < -0.3 is 4.74 Å². The Morgan fingerprint density at radius 2 is 1.80 bits per heavy atom. The van der Waals surface area contributed by atoms with Crippen LogP contribution in [0.1, 0.15) is 31.4 Å². The Kier molecular flexibility index (Phi) is 5.12. The zero-order chi connectivity index (χ0) is 18.2. The number of rotatable bonds is 3. The molecule has 0 aliphatic carbocycles. The fraction of sp³-hybridized carbons (Fsp3) is 0.316. The first-order chi connectivity index (χ1) is 11.7. The summed E-state index contributed by atoms with van der Waals surface area (Å²) in [5.74, 6) is -0.300. The van der Waals surface area contributed by atoms with Crippen molar-refractivity contribution in [2.45, 2.75) is 29.4 Å². The van der Waals surface area contributed by atoms with Gasteiger partial charge in [0.15, 0.2) is 0 Å². The summed E-state index contributed by atoms with van der Waals surface area (Å²) in [6.45, 7) is 4.43. The van der Waals surface area contributed by atoms with E-state index in [2.05, 4.69) is 38.5 Å². The van der Waals surface area contributed by atoms with E-state index in [0.717, 1.165) is 15.6 Å². The summed E-state index contributed by atoms with van der Waals surface area (Å²) in [7, 11) is 0. The molecule has 6 heteroatoms. The van der Waals surface area contributed by atoms with E-state index >= 15 is 0 Å². The zero-order valence-electron chi connectivity index (χ0n) is 13.9. The quantitative estimate of drug-likeness (QED) is 0.286. The molecule has 132 valence electrons. The number of hydrogen-bond acceptors (Lipinski definition) is 2. The molecule has 1 fully saturated rings. The largest absolute Gasteiger partial charge is 0.438 e. The van der Waals surface area contributed by atoms with Crippen molar-refractivity contribution in [1.82, 2.24) is 4.90 Å². The topological polar surface area (TPSA) is 29.5 Å². The molecule has 0 radical (unpaired) electrons. The minimum atomic E-state index is -0.742. The number of hydrogen-bond donors (Lipinski definition) is 0. The molecule has 3 nitrogen and oxygen atoms in total. The van der Waals surface area contributed by atoms with Crippen molar-refractivity contribution in [1.29, 1.82) is 0 Å². The highest BCUT2D eigenvalue weighted by Gasteiger charge is 2.44. The van der Waals surface area contributed by atoms with E-state index in [9.17, 15) is 9.18 Å². The molecule has 0 spiro atoms. The van der Waals surface area contributed by atoms with E-state index in [1.54, 1.807) is 17.0 Å². The maximum atomic E-state index is 13.2. The SMILES string of the molecule is CC1(c2ccc(F)cc2)CCN([C@@](C)(I)c2ccc(Br)cc2)C(=O)O1. The first-order valence-electron chi connectivity index (χ1n) is 7.94. The number of carbonyl (C=O) groups excluding carboxylic acids is 1. The molecule has 2 aromatic rings. The fourth-order valence-corrected chi connectivity index (χ4v) is 4.07. The Bertz CT molecular complexity index is 779. The molecule has 1 unspecified atom stereocenters. The minimum absolute atomic E-state index is 0.300. The van der Waals surface area contributed by atoms with Crippen molar-refractivity contribution in [2.24, 2.45) is 0 Å². The fourth-order valence-electron chi connectivity index (χ4n) is 3.01. The van der Waals surface area contributed by atoms with Gasteiger partial charge in [0.05, 0.1) is 0 Å². The van der Waals surface area contributed by atoms with Crippen molar-refractivity contribution < 1.29 is 13.9 Å². The van der Waals surface area contributed by atoms with Crippen molar-refractivity contribution in [3.63, 3.8) is 0 Å². The average Bonchev–Trinajstić information content (AvgIpc) is 2.55. The second kappa shape index (κ2) is 6.87. The van der Waals surface area contributed by atoms with Gasteiger partial charge in [0, 0.05) is 17.4 Å². The lowest BCUT2D eigenvalue weighted by atomic mass is 9.90. The van der Waals surface area contributed by atoms with Gasteiger partial charge in [-0.1, -0.05) is 40.2 Å². The molecule has 0 saturated carbocycles. The van der Waals surface area contributed by atoms with Crippen LogP contribution in [0.3, 0.4) is 0 Å². The van der Waals surface area contributed by atoms with E-state index in [-0.39, 0.29) is 11.9 Å². The van der Waals surface area contributed by atoms with Crippen molar-refractivity contribution >= 4 is 44.6 Å². The third-order valence-electron chi connectivity index (χ3n) is 4.68. The molecule has 2 aromatic carbocycles. The van der Waals surface area contributed by atoms with Gasteiger partial charge in [0.1, 0.15) is 15.0 Å². The van der Waals surface area contributed by atoms with Gasteiger partial charge in [-0.05, 0) is 71.8 Å². The molecule has 1 amide bonds. The molecule has 1 saturated heterocycles. The summed E-state index contributed by atoms with van der Waals surface area (Å²) >= 11 is 5.71. The van der Waals surface area contributed by atoms with E-state index < -0.39 is 9.15 Å². The number of benzene rings is 2. The van der Waals surface area contributed by atoms with Gasteiger partial charge in [-0.15, -0.1) is 0 Å². The number of ether oxygens (including phenoxy) is 1. The number of nitrogens with zero attached hydrogens (tertiary/aromatic N) is 1. The predicted octanol–water partition coefficient (Wildman–Crippen LogP) is 5.95. The molecule has 3 rings (SSSR count). The second-order valence-electron chi connectivity index (χ2n) is 6.47. The molecule has 2 atom stereocenters. The van der Waals surface area contributed by atoms with E-state index in [0.29, 0.717) is 13.0 Å². The third-order valence-corrected chi connectivity index (χ3v) is 6.41. The normalized spacial score (nSPS) is 23.1. The average molecular weight is 518 g/mol. The van der Waals surface area contributed by atoms with Gasteiger partial charge in [0.25, 0.3) is 0 Å². The molecule has 1 aliphatic heterocycles.